The van der Waals surface area contributed by atoms with Gasteiger partial charge in [0.1, 0.15) is 5.82 Å². The molecule has 0 aliphatic carbocycles. The minimum atomic E-state index is -0.203. The molecule has 0 bridgehead atoms. The van der Waals surface area contributed by atoms with Gasteiger partial charge in [0.15, 0.2) is 0 Å². The van der Waals surface area contributed by atoms with Crippen LogP contribution in [0.2, 0.25) is 0 Å². The van der Waals surface area contributed by atoms with Crippen LogP contribution in [0.4, 0.5) is 10.1 Å². The van der Waals surface area contributed by atoms with Crippen molar-refractivity contribution in [2.75, 3.05) is 57.3 Å². The summed E-state index contributed by atoms with van der Waals surface area (Å²) < 4.78 is 13.1. The first-order valence-corrected chi connectivity index (χ1v) is 10.3. The maximum absolute atomic E-state index is 13.1. The number of hydrogen-bond acceptors (Lipinski definition) is 4. The summed E-state index contributed by atoms with van der Waals surface area (Å²) in [6.07, 6.45) is 2.20. The topological polar surface area (TPSA) is 38.8 Å². The zero-order chi connectivity index (χ0) is 19.2. The second-order valence-corrected chi connectivity index (χ2v) is 7.75. The highest BCUT2D eigenvalue weighted by molar-refractivity contribution is 5.81. The number of likely N-dealkylation sites (tertiary alicyclic amines) is 1. The highest BCUT2D eigenvalue weighted by Crippen LogP contribution is 2.20. The van der Waals surface area contributed by atoms with Gasteiger partial charge >= 0.3 is 0 Å². The molecule has 1 unspecified atom stereocenters. The Morgan fingerprint density at radius 2 is 1.74 bits per heavy atom. The van der Waals surface area contributed by atoms with Crippen molar-refractivity contribution in [3.63, 3.8) is 0 Å². The van der Waals surface area contributed by atoms with Crippen molar-refractivity contribution in [2.45, 2.75) is 32.7 Å². The largest absolute Gasteiger partial charge is 0.369 e. The molecule has 2 fully saturated rings. The molecule has 3 rings (SSSR count). The maximum Gasteiger partial charge on any atom is 0.239 e. The Bertz CT molecular complexity index is 593. The number of piperazine rings is 1. The van der Waals surface area contributed by atoms with Crippen LogP contribution in [0.1, 0.15) is 26.7 Å². The van der Waals surface area contributed by atoms with Gasteiger partial charge in [0.2, 0.25) is 5.91 Å². The third-order valence-electron chi connectivity index (χ3n) is 6.02. The van der Waals surface area contributed by atoms with Crippen LogP contribution in [0.3, 0.4) is 0 Å². The number of carbonyl (C=O) groups excluding carboxylic acids is 1. The molecule has 1 N–H and O–H groups in total. The van der Waals surface area contributed by atoms with E-state index in [0.29, 0.717) is 5.92 Å². The average molecular weight is 377 g/mol. The lowest BCUT2D eigenvalue weighted by Crippen LogP contribution is -2.55. The lowest BCUT2D eigenvalue weighted by molar-refractivity contribution is -0.138. The number of nitrogens with zero attached hydrogens (tertiary/aromatic N) is 3. The van der Waals surface area contributed by atoms with Gasteiger partial charge < -0.3 is 15.1 Å². The van der Waals surface area contributed by atoms with E-state index < -0.39 is 0 Å². The third-order valence-corrected chi connectivity index (χ3v) is 6.02. The molecular weight excluding hydrogens is 343 g/mol. The van der Waals surface area contributed by atoms with E-state index in [-0.39, 0.29) is 17.8 Å². The summed E-state index contributed by atoms with van der Waals surface area (Å²) in [6, 6.07) is 6.61. The molecule has 5 nitrogen and oxygen atoms in total. The van der Waals surface area contributed by atoms with Crippen molar-refractivity contribution in [3.05, 3.63) is 30.1 Å². The van der Waals surface area contributed by atoms with E-state index in [9.17, 15) is 9.18 Å². The number of piperidine rings is 1. The Labute approximate surface area is 162 Å². The SMILES string of the molecule is CCNCC1CCN(C(=O)C(C)N2CCN(c3ccc(F)cc3)CC2)CC1. The molecule has 6 heteroatoms. The second-order valence-electron chi connectivity index (χ2n) is 7.75. The molecule has 0 spiro atoms. The van der Waals surface area contributed by atoms with Gasteiger partial charge in [-0.15, -0.1) is 0 Å². The molecule has 1 aromatic rings. The zero-order valence-electron chi connectivity index (χ0n) is 16.7. The molecule has 2 saturated heterocycles. The highest BCUT2D eigenvalue weighted by Gasteiger charge is 2.30. The Morgan fingerprint density at radius 3 is 2.33 bits per heavy atom. The minimum absolute atomic E-state index is 0.0642. The molecule has 150 valence electrons. The zero-order valence-corrected chi connectivity index (χ0v) is 16.7. The molecule has 1 aromatic carbocycles. The first-order chi connectivity index (χ1) is 13.1. The fraction of sp³-hybridized carbons (Fsp3) is 0.667. The Morgan fingerprint density at radius 1 is 1.11 bits per heavy atom. The second kappa shape index (κ2) is 9.51. The van der Waals surface area contributed by atoms with Gasteiger partial charge in [0, 0.05) is 45.0 Å². The molecule has 1 atom stereocenters. The van der Waals surface area contributed by atoms with Crippen molar-refractivity contribution < 1.29 is 9.18 Å². The van der Waals surface area contributed by atoms with E-state index in [1.54, 1.807) is 0 Å². The molecule has 1 amide bonds. The Hall–Kier alpha value is -1.66. The molecule has 0 saturated carbocycles. The van der Waals surface area contributed by atoms with Gasteiger partial charge in [-0.1, -0.05) is 6.92 Å². The summed E-state index contributed by atoms with van der Waals surface area (Å²) in [6.45, 7) is 11.5. The average Bonchev–Trinajstić information content (AvgIpc) is 2.72. The van der Waals surface area contributed by atoms with Crippen molar-refractivity contribution in [2.24, 2.45) is 5.92 Å². The summed E-state index contributed by atoms with van der Waals surface area (Å²) in [5.41, 5.74) is 1.05. The summed E-state index contributed by atoms with van der Waals surface area (Å²) >= 11 is 0. The van der Waals surface area contributed by atoms with Crippen LogP contribution < -0.4 is 10.2 Å². The first-order valence-electron chi connectivity index (χ1n) is 10.3. The normalized spacial score (nSPS) is 20.7. The number of rotatable bonds is 6. The van der Waals surface area contributed by atoms with Gasteiger partial charge in [-0.05, 0) is 63.0 Å². The monoisotopic (exact) mass is 376 g/mol. The minimum Gasteiger partial charge on any atom is -0.369 e. The van der Waals surface area contributed by atoms with Gasteiger partial charge in [0.25, 0.3) is 0 Å². The Kier molecular flexibility index (Phi) is 7.07. The van der Waals surface area contributed by atoms with E-state index in [1.807, 2.05) is 19.1 Å². The number of carbonyl (C=O) groups is 1. The smallest absolute Gasteiger partial charge is 0.239 e. The lowest BCUT2D eigenvalue weighted by atomic mass is 9.96. The van der Waals surface area contributed by atoms with Crippen molar-refractivity contribution in [3.8, 4) is 0 Å². The summed E-state index contributed by atoms with van der Waals surface area (Å²) in [5.74, 6) is 0.765. The highest BCUT2D eigenvalue weighted by atomic mass is 19.1. The number of anilines is 1. The summed E-state index contributed by atoms with van der Waals surface area (Å²) in [5, 5.41) is 3.42. The number of benzene rings is 1. The molecule has 0 radical (unpaired) electrons. The van der Waals surface area contributed by atoms with E-state index in [2.05, 4.69) is 26.9 Å². The van der Waals surface area contributed by atoms with Gasteiger partial charge in [-0.3, -0.25) is 9.69 Å². The van der Waals surface area contributed by atoms with Crippen LogP contribution in [-0.4, -0.2) is 74.1 Å². The van der Waals surface area contributed by atoms with Crippen molar-refractivity contribution in [1.82, 2.24) is 15.1 Å². The van der Waals surface area contributed by atoms with E-state index in [4.69, 9.17) is 0 Å². The van der Waals surface area contributed by atoms with Gasteiger partial charge in [-0.2, -0.15) is 0 Å². The standard InChI is InChI=1S/C21H33FN4O/c1-3-23-16-18-8-10-26(11-9-18)21(27)17(2)24-12-14-25(15-13-24)20-6-4-19(22)5-7-20/h4-7,17-18,23H,3,8-16H2,1-2H3. The van der Waals surface area contributed by atoms with Crippen LogP contribution in [0.25, 0.3) is 0 Å². The van der Waals surface area contributed by atoms with Crippen LogP contribution >= 0.6 is 0 Å². The van der Waals surface area contributed by atoms with E-state index in [0.717, 1.165) is 70.9 Å². The number of hydrogen-bond donors (Lipinski definition) is 1. The fourth-order valence-corrected chi connectivity index (χ4v) is 4.15. The number of amides is 1. The predicted molar refractivity (Wildman–Crippen MR) is 107 cm³/mol. The van der Waals surface area contributed by atoms with Gasteiger partial charge in [0.05, 0.1) is 6.04 Å². The molecule has 2 aliphatic rings. The third kappa shape index (κ3) is 5.20. The predicted octanol–water partition coefficient (Wildman–Crippen LogP) is 2.18. The molecule has 2 heterocycles. The summed E-state index contributed by atoms with van der Waals surface area (Å²) in [7, 11) is 0. The van der Waals surface area contributed by atoms with Crippen LogP contribution in [0.15, 0.2) is 24.3 Å². The molecule has 0 aromatic heterocycles. The Balaban J connectivity index is 1.45. The molecule has 2 aliphatic heterocycles. The van der Waals surface area contributed by atoms with Crippen molar-refractivity contribution >= 4 is 11.6 Å². The first kappa shape index (κ1) is 20.1. The fourth-order valence-electron chi connectivity index (χ4n) is 4.15. The number of halogens is 1. The van der Waals surface area contributed by atoms with Crippen LogP contribution in [0.5, 0.6) is 0 Å². The van der Waals surface area contributed by atoms with E-state index in [1.165, 1.54) is 12.1 Å². The quantitative estimate of drug-likeness (QED) is 0.826. The molecular formula is C21H33FN4O. The van der Waals surface area contributed by atoms with Crippen LogP contribution in [-0.2, 0) is 4.79 Å². The maximum atomic E-state index is 13.1. The van der Waals surface area contributed by atoms with Crippen molar-refractivity contribution in [1.29, 1.82) is 0 Å². The van der Waals surface area contributed by atoms with Gasteiger partial charge in [-0.25, -0.2) is 4.39 Å². The lowest BCUT2D eigenvalue weighted by Gasteiger charge is -2.41. The van der Waals surface area contributed by atoms with Crippen LogP contribution in [0, 0.1) is 11.7 Å². The molecule has 27 heavy (non-hydrogen) atoms. The summed E-state index contributed by atoms with van der Waals surface area (Å²) in [4.78, 5) is 19.5. The number of nitrogens with one attached hydrogen (secondary N) is 1. The van der Waals surface area contributed by atoms with E-state index >= 15 is 0 Å².